The molecule has 2 heteroatoms. The summed E-state index contributed by atoms with van der Waals surface area (Å²) in [7, 11) is 0. The van der Waals surface area contributed by atoms with E-state index in [1.165, 1.54) is 12.0 Å². The third-order valence-corrected chi connectivity index (χ3v) is 2.39. The summed E-state index contributed by atoms with van der Waals surface area (Å²) >= 11 is 0. The fraction of sp³-hybridized carbons (Fsp3) is 0.727. The molecule has 1 aliphatic heterocycles. The van der Waals surface area contributed by atoms with Crippen molar-refractivity contribution in [2.45, 2.75) is 39.5 Å². The SMILES string of the molecule is CCCC=C(C)CC1CCOC1=O. The lowest BCUT2D eigenvalue weighted by molar-refractivity contribution is -0.141. The standard InChI is InChI=1S/C11H18O2/c1-3-4-5-9(2)8-10-6-7-13-11(10)12/h5,10H,3-4,6-8H2,1-2H3. The molecule has 0 aromatic carbocycles. The smallest absolute Gasteiger partial charge is 0.309 e. The zero-order valence-corrected chi connectivity index (χ0v) is 8.51. The van der Waals surface area contributed by atoms with Crippen LogP contribution in [0.5, 0.6) is 0 Å². The maximum absolute atomic E-state index is 11.1. The van der Waals surface area contributed by atoms with Crippen molar-refractivity contribution in [3.63, 3.8) is 0 Å². The van der Waals surface area contributed by atoms with Gasteiger partial charge in [-0.05, 0) is 26.2 Å². The van der Waals surface area contributed by atoms with Crippen LogP contribution in [-0.2, 0) is 9.53 Å². The van der Waals surface area contributed by atoms with Crippen molar-refractivity contribution in [2.24, 2.45) is 5.92 Å². The van der Waals surface area contributed by atoms with Crippen LogP contribution >= 0.6 is 0 Å². The predicted molar refractivity (Wildman–Crippen MR) is 52.3 cm³/mol. The van der Waals surface area contributed by atoms with E-state index in [1.807, 2.05) is 0 Å². The first kappa shape index (κ1) is 10.3. The third kappa shape index (κ3) is 3.21. The molecule has 74 valence electrons. The molecule has 0 aromatic heterocycles. The van der Waals surface area contributed by atoms with Gasteiger partial charge >= 0.3 is 5.97 Å². The maximum atomic E-state index is 11.1. The van der Waals surface area contributed by atoms with Gasteiger partial charge < -0.3 is 4.74 Å². The molecule has 0 amide bonds. The Balaban J connectivity index is 2.34. The number of hydrogen-bond acceptors (Lipinski definition) is 2. The van der Waals surface area contributed by atoms with Gasteiger partial charge in [0.1, 0.15) is 0 Å². The molecule has 1 fully saturated rings. The van der Waals surface area contributed by atoms with Crippen molar-refractivity contribution in [3.05, 3.63) is 11.6 Å². The first-order chi connectivity index (χ1) is 6.24. The molecule has 0 aromatic rings. The maximum Gasteiger partial charge on any atom is 0.309 e. The fourth-order valence-electron chi connectivity index (χ4n) is 1.59. The molecular weight excluding hydrogens is 164 g/mol. The number of hydrogen-bond donors (Lipinski definition) is 0. The van der Waals surface area contributed by atoms with Crippen molar-refractivity contribution in [3.8, 4) is 0 Å². The molecule has 1 unspecified atom stereocenters. The van der Waals surface area contributed by atoms with Crippen LogP contribution in [0, 0.1) is 5.92 Å². The van der Waals surface area contributed by atoms with E-state index in [9.17, 15) is 4.79 Å². The van der Waals surface area contributed by atoms with Crippen LogP contribution in [0.15, 0.2) is 11.6 Å². The highest BCUT2D eigenvalue weighted by atomic mass is 16.5. The van der Waals surface area contributed by atoms with Crippen LogP contribution in [0.3, 0.4) is 0 Å². The molecule has 1 saturated heterocycles. The van der Waals surface area contributed by atoms with Gasteiger partial charge in [0, 0.05) is 0 Å². The lowest BCUT2D eigenvalue weighted by Gasteiger charge is -2.05. The van der Waals surface area contributed by atoms with Crippen LogP contribution in [0.2, 0.25) is 0 Å². The van der Waals surface area contributed by atoms with Crippen LogP contribution in [-0.4, -0.2) is 12.6 Å². The van der Waals surface area contributed by atoms with E-state index in [1.54, 1.807) is 0 Å². The molecule has 2 nitrogen and oxygen atoms in total. The molecule has 1 rings (SSSR count). The van der Waals surface area contributed by atoms with Crippen molar-refractivity contribution in [1.29, 1.82) is 0 Å². The highest BCUT2D eigenvalue weighted by molar-refractivity contribution is 5.74. The number of cyclic esters (lactones) is 1. The second kappa shape index (κ2) is 5.05. The molecule has 0 bridgehead atoms. The Bertz CT molecular complexity index is 206. The number of carbonyl (C=O) groups excluding carboxylic acids is 1. The second-order valence-electron chi connectivity index (χ2n) is 3.70. The van der Waals surface area contributed by atoms with E-state index in [0.717, 1.165) is 19.3 Å². The molecule has 1 heterocycles. The van der Waals surface area contributed by atoms with Crippen LogP contribution in [0.1, 0.15) is 39.5 Å². The number of allylic oxidation sites excluding steroid dienone is 2. The Morgan fingerprint density at radius 3 is 3.00 bits per heavy atom. The molecular formula is C11H18O2. The molecule has 0 N–H and O–H groups in total. The van der Waals surface area contributed by atoms with Gasteiger partial charge in [-0.3, -0.25) is 4.79 Å². The van der Waals surface area contributed by atoms with Crippen LogP contribution in [0.25, 0.3) is 0 Å². The zero-order chi connectivity index (χ0) is 9.68. The first-order valence-electron chi connectivity index (χ1n) is 5.06. The Hall–Kier alpha value is -0.790. The minimum atomic E-state index is -0.00996. The summed E-state index contributed by atoms with van der Waals surface area (Å²) in [4.78, 5) is 11.1. The predicted octanol–water partition coefficient (Wildman–Crippen LogP) is 2.69. The average molecular weight is 182 g/mol. The Kier molecular flexibility index (Phi) is 4.00. The second-order valence-corrected chi connectivity index (χ2v) is 3.70. The lowest BCUT2D eigenvalue weighted by atomic mass is 9.98. The number of ether oxygens (including phenoxy) is 1. The number of unbranched alkanes of at least 4 members (excludes halogenated alkanes) is 1. The fourth-order valence-corrected chi connectivity index (χ4v) is 1.59. The van der Waals surface area contributed by atoms with E-state index in [2.05, 4.69) is 19.9 Å². The van der Waals surface area contributed by atoms with E-state index < -0.39 is 0 Å². The van der Waals surface area contributed by atoms with Gasteiger partial charge in [-0.15, -0.1) is 0 Å². The van der Waals surface area contributed by atoms with Gasteiger partial charge in [0.2, 0.25) is 0 Å². The van der Waals surface area contributed by atoms with Gasteiger partial charge in [0.05, 0.1) is 12.5 Å². The lowest BCUT2D eigenvalue weighted by Crippen LogP contribution is -2.07. The van der Waals surface area contributed by atoms with E-state index >= 15 is 0 Å². The Morgan fingerprint density at radius 2 is 2.46 bits per heavy atom. The highest BCUT2D eigenvalue weighted by Gasteiger charge is 2.25. The number of rotatable bonds is 4. The zero-order valence-electron chi connectivity index (χ0n) is 8.51. The van der Waals surface area contributed by atoms with Gasteiger partial charge in [0.25, 0.3) is 0 Å². The number of esters is 1. The van der Waals surface area contributed by atoms with Crippen molar-refractivity contribution < 1.29 is 9.53 Å². The molecule has 0 aliphatic carbocycles. The average Bonchev–Trinajstić information content (AvgIpc) is 2.48. The van der Waals surface area contributed by atoms with Crippen LogP contribution < -0.4 is 0 Å². The minimum absolute atomic E-state index is 0.00996. The van der Waals surface area contributed by atoms with Gasteiger partial charge in [-0.1, -0.05) is 25.0 Å². The summed E-state index contributed by atoms with van der Waals surface area (Å²) in [6.07, 6.45) is 6.31. The summed E-state index contributed by atoms with van der Waals surface area (Å²) in [5.41, 5.74) is 1.32. The van der Waals surface area contributed by atoms with Crippen molar-refractivity contribution >= 4 is 5.97 Å². The summed E-state index contributed by atoms with van der Waals surface area (Å²) < 4.78 is 4.90. The van der Waals surface area contributed by atoms with E-state index in [0.29, 0.717) is 6.61 Å². The van der Waals surface area contributed by atoms with Gasteiger partial charge in [0.15, 0.2) is 0 Å². The van der Waals surface area contributed by atoms with Gasteiger partial charge in [-0.25, -0.2) is 0 Å². The van der Waals surface area contributed by atoms with Crippen LogP contribution in [0.4, 0.5) is 0 Å². The highest BCUT2D eigenvalue weighted by Crippen LogP contribution is 2.22. The summed E-state index contributed by atoms with van der Waals surface area (Å²) in [6.45, 7) is 4.87. The first-order valence-corrected chi connectivity index (χ1v) is 5.06. The Labute approximate surface area is 80.0 Å². The number of carbonyl (C=O) groups is 1. The molecule has 1 aliphatic rings. The van der Waals surface area contributed by atoms with E-state index in [4.69, 9.17) is 4.74 Å². The third-order valence-electron chi connectivity index (χ3n) is 2.39. The monoisotopic (exact) mass is 182 g/mol. The summed E-state index contributed by atoms with van der Waals surface area (Å²) in [5.74, 6) is 0.123. The topological polar surface area (TPSA) is 26.3 Å². The van der Waals surface area contributed by atoms with Crippen molar-refractivity contribution in [1.82, 2.24) is 0 Å². The molecule has 0 radical (unpaired) electrons. The Morgan fingerprint density at radius 1 is 1.69 bits per heavy atom. The molecule has 0 saturated carbocycles. The van der Waals surface area contributed by atoms with Crippen molar-refractivity contribution in [2.75, 3.05) is 6.61 Å². The minimum Gasteiger partial charge on any atom is -0.465 e. The largest absolute Gasteiger partial charge is 0.465 e. The summed E-state index contributed by atoms with van der Waals surface area (Å²) in [6, 6.07) is 0. The molecule has 0 spiro atoms. The molecule has 13 heavy (non-hydrogen) atoms. The normalized spacial score (nSPS) is 23.4. The summed E-state index contributed by atoms with van der Waals surface area (Å²) in [5, 5.41) is 0. The van der Waals surface area contributed by atoms with Gasteiger partial charge in [-0.2, -0.15) is 0 Å². The van der Waals surface area contributed by atoms with E-state index in [-0.39, 0.29) is 11.9 Å². The molecule has 1 atom stereocenters. The quantitative estimate of drug-likeness (QED) is 0.493.